The molecule has 0 spiro atoms. The molecule has 6 nitrogen and oxygen atoms in total. The van der Waals surface area contributed by atoms with E-state index in [1.54, 1.807) is 18.3 Å². The lowest BCUT2D eigenvalue weighted by Crippen LogP contribution is -2.58. The number of nitrogens with one attached hydrogen (secondary N) is 2. The molecule has 3 N–H and O–H groups in total. The third-order valence-corrected chi connectivity index (χ3v) is 9.11. The monoisotopic (exact) mass is 455 g/mol. The fourth-order valence-electron chi connectivity index (χ4n) is 7.01. The first-order chi connectivity index (χ1) is 15.8. The van der Waals surface area contributed by atoms with Gasteiger partial charge >= 0.3 is 0 Å². The Bertz CT molecular complexity index is 825. The molecule has 1 unspecified atom stereocenters. The van der Waals surface area contributed by atoms with Crippen LogP contribution >= 0.6 is 0 Å². The van der Waals surface area contributed by atoms with Gasteiger partial charge in [0.05, 0.1) is 6.10 Å². The third-order valence-electron chi connectivity index (χ3n) is 9.11. The zero-order chi connectivity index (χ0) is 23.6. The van der Waals surface area contributed by atoms with Crippen LogP contribution in [0, 0.1) is 29.1 Å². The first kappa shape index (κ1) is 24.2. The van der Waals surface area contributed by atoms with Crippen molar-refractivity contribution in [3.63, 3.8) is 0 Å². The van der Waals surface area contributed by atoms with Crippen LogP contribution in [0.25, 0.3) is 0 Å². The van der Waals surface area contributed by atoms with Crippen molar-refractivity contribution in [2.45, 2.75) is 96.7 Å². The molecule has 0 aromatic carbocycles. The molecular weight excluding hydrogens is 414 g/mol. The predicted molar refractivity (Wildman–Crippen MR) is 128 cm³/mol. The van der Waals surface area contributed by atoms with Gasteiger partial charge in [0, 0.05) is 24.2 Å². The summed E-state index contributed by atoms with van der Waals surface area (Å²) in [6.45, 7) is 6.43. The van der Waals surface area contributed by atoms with E-state index >= 15 is 0 Å². The fraction of sp³-hybridized carbons (Fsp3) is 0.741. The zero-order valence-electron chi connectivity index (χ0n) is 20.4. The molecule has 3 aliphatic rings. The minimum absolute atomic E-state index is 0.00245. The van der Waals surface area contributed by atoms with E-state index in [1.807, 2.05) is 13.0 Å². The van der Waals surface area contributed by atoms with Crippen molar-refractivity contribution in [2.24, 2.45) is 29.1 Å². The van der Waals surface area contributed by atoms with E-state index < -0.39 is 6.10 Å². The zero-order valence-corrected chi connectivity index (χ0v) is 20.4. The van der Waals surface area contributed by atoms with E-state index in [9.17, 15) is 14.7 Å². The summed E-state index contributed by atoms with van der Waals surface area (Å²) < 4.78 is 0. The molecule has 1 aromatic heterocycles. The number of aliphatic hydroxyl groups is 1. The van der Waals surface area contributed by atoms with Crippen LogP contribution in [0.4, 0.5) is 0 Å². The normalized spacial score (nSPS) is 35.8. The largest absolute Gasteiger partial charge is 0.392 e. The second kappa shape index (κ2) is 10.1. The van der Waals surface area contributed by atoms with Gasteiger partial charge in [-0.15, -0.1) is 0 Å². The summed E-state index contributed by atoms with van der Waals surface area (Å²) in [6, 6.07) is 5.64. The average molecular weight is 456 g/mol. The summed E-state index contributed by atoms with van der Waals surface area (Å²) in [7, 11) is 0. The highest BCUT2D eigenvalue weighted by molar-refractivity contribution is 5.92. The van der Waals surface area contributed by atoms with E-state index in [0.717, 1.165) is 38.5 Å². The molecule has 6 heteroatoms. The van der Waals surface area contributed by atoms with Crippen LogP contribution < -0.4 is 10.6 Å². The summed E-state index contributed by atoms with van der Waals surface area (Å²) >= 11 is 0. The molecule has 4 rings (SSSR count). The van der Waals surface area contributed by atoms with Crippen LogP contribution in [-0.4, -0.2) is 40.1 Å². The summed E-state index contributed by atoms with van der Waals surface area (Å²) in [5, 5.41) is 18.0. The summed E-state index contributed by atoms with van der Waals surface area (Å²) in [5.74, 6) is -0.121. The van der Waals surface area contributed by atoms with Crippen molar-refractivity contribution in [3.8, 4) is 0 Å². The number of carbonyl (C=O) groups is 2. The van der Waals surface area contributed by atoms with Gasteiger partial charge < -0.3 is 15.7 Å². The van der Waals surface area contributed by atoms with E-state index in [4.69, 9.17) is 0 Å². The van der Waals surface area contributed by atoms with Crippen molar-refractivity contribution in [1.29, 1.82) is 0 Å². The van der Waals surface area contributed by atoms with Gasteiger partial charge in [0.15, 0.2) is 0 Å². The summed E-state index contributed by atoms with van der Waals surface area (Å²) in [4.78, 5) is 30.0. The molecule has 182 valence electrons. The van der Waals surface area contributed by atoms with Crippen LogP contribution in [0.1, 0.15) is 89.0 Å². The van der Waals surface area contributed by atoms with Crippen LogP contribution in [0.3, 0.4) is 0 Å². The Morgan fingerprint density at radius 1 is 1.09 bits per heavy atom. The molecule has 1 aromatic rings. The molecule has 7 atom stereocenters. The highest BCUT2D eigenvalue weighted by Crippen LogP contribution is 2.55. The Morgan fingerprint density at radius 2 is 1.82 bits per heavy atom. The molecule has 3 aliphatic carbocycles. The van der Waals surface area contributed by atoms with Gasteiger partial charge in [0.25, 0.3) is 5.91 Å². The number of nitrogens with zero attached hydrogens (tertiary/aromatic N) is 1. The Labute approximate surface area is 198 Å². The van der Waals surface area contributed by atoms with Crippen molar-refractivity contribution in [3.05, 3.63) is 30.1 Å². The van der Waals surface area contributed by atoms with E-state index in [1.165, 1.54) is 19.3 Å². The maximum Gasteiger partial charge on any atom is 0.270 e. The number of rotatable bonds is 5. The van der Waals surface area contributed by atoms with Crippen molar-refractivity contribution >= 4 is 11.8 Å². The van der Waals surface area contributed by atoms with Crippen LogP contribution in [0.5, 0.6) is 0 Å². The maximum absolute atomic E-state index is 13.1. The van der Waals surface area contributed by atoms with Gasteiger partial charge in [0.2, 0.25) is 5.91 Å². The van der Waals surface area contributed by atoms with Crippen LogP contribution in [0.2, 0.25) is 0 Å². The van der Waals surface area contributed by atoms with Gasteiger partial charge in [-0.1, -0.05) is 46.1 Å². The lowest BCUT2D eigenvalue weighted by molar-refractivity contribution is -0.142. The molecule has 1 heterocycles. The number of hydrogen-bond acceptors (Lipinski definition) is 4. The molecular formula is C27H41N3O3. The van der Waals surface area contributed by atoms with Crippen molar-refractivity contribution in [1.82, 2.24) is 15.6 Å². The van der Waals surface area contributed by atoms with Crippen LogP contribution in [-0.2, 0) is 4.79 Å². The number of hydrogen-bond donors (Lipinski definition) is 3. The summed E-state index contributed by atoms with van der Waals surface area (Å²) in [5.41, 5.74) is 0.467. The van der Waals surface area contributed by atoms with Crippen molar-refractivity contribution < 1.29 is 14.7 Å². The highest BCUT2D eigenvalue weighted by atomic mass is 16.3. The highest BCUT2D eigenvalue weighted by Gasteiger charge is 2.54. The summed E-state index contributed by atoms with van der Waals surface area (Å²) in [6.07, 6.45) is 10.7. The Morgan fingerprint density at radius 3 is 2.52 bits per heavy atom. The maximum atomic E-state index is 13.1. The van der Waals surface area contributed by atoms with E-state index in [2.05, 4.69) is 29.5 Å². The van der Waals surface area contributed by atoms with Gasteiger partial charge in [-0.25, -0.2) is 0 Å². The minimum Gasteiger partial charge on any atom is -0.392 e. The first-order valence-corrected chi connectivity index (χ1v) is 13.0. The molecule has 33 heavy (non-hydrogen) atoms. The number of aliphatic hydroxyl groups excluding tert-OH is 1. The molecule has 0 bridgehead atoms. The number of carbonyl (C=O) groups excluding carboxylic acids is 2. The Kier molecular flexibility index (Phi) is 7.42. The SMILES string of the molecule is C[C@H]1[C@@H]2[C@@H](O)C([C@H](C)C(=O)NC3CCCCC3)CC[C@@]2(C)CC[C@@H]1NC(=O)c1ccccn1. The Balaban J connectivity index is 1.43. The molecule has 0 aliphatic heterocycles. The first-order valence-electron chi connectivity index (χ1n) is 13.0. The van der Waals surface area contributed by atoms with Gasteiger partial charge in [-0.2, -0.15) is 0 Å². The molecule has 0 radical (unpaired) electrons. The van der Waals surface area contributed by atoms with E-state index in [0.29, 0.717) is 11.7 Å². The van der Waals surface area contributed by atoms with E-state index in [-0.39, 0.29) is 46.9 Å². The predicted octanol–water partition coefficient (Wildman–Crippen LogP) is 4.09. The van der Waals surface area contributed by atoms with Crippen molar-refractivity contribution in [2.75, 3.05) is 0 Å². The second-order valence-corrected chi connectivity index (χ2v) is 11.2. The van der Waals surface area contributed by atoms with Gasteiger partial charge in [-0.05, 0) is 73.8 Å². The smallest absolute Gasteiger partial charge is 0.270 e. The second-order valence-electron chi connectivity index (χ2n) is 11.2. The standard InChI is InChI=1S/C27H41N3O3/c1-17(25(32)29-19-9-5-4-6-10-19)20-12-14-27(3)15-13-21(18(2)23(27)24(20)31)30-26(33)22-11-7-8-16-28-22/h7-8,11,16-21,23-24,31H,4-6,9-10,12-15H2,1-3H3,(H,29,32)(H,30,33)/t17-,18+,20?,21-,23+,24-,27-/m0/s1. The van der Waals surface area contributed by atoms with Gasteiger partial charge in [-0.3, -0.25) is 14.6 Å². The van der Waals surface area contributed by atoms with Gasteiger partial charge in [0.1, 0.15) is 5.69 Å². The Hall–Kier alpha value is -1.95. The lowest BCUT2D eigenvalue weighted by Gasteiger charge is -2.56. The fourth-order valence-corrected chi connectivity index (χ4v) is 7.01. The number of amides is 2. The molecule has 0 saturated heterocycles. The minimum atomic E-state index is -0.541. The quantitative estimate of drug-likeness (QED) is 0.624. The molecule has 3 fully saturated rings. The number of pyridine rings is 1. The topological polar surface area (TPSA) is 91.3 Å². The van der Waals surface area contributed by atoms with Crippen LogP contribution in [0.15, 0.2) is 24.4 Å². The molecule has 2 amide bonds. The molecule has 3 saturated carbocycles. The average Bonchev–Trinajstić information content (AvgIpc) is 2.82. The third kappa shape index (κ3) is 5.11. The lowest BCUT2D eigenvalue weighted by atomic mass is 9.51. The number of fused-ring (bicyclic) bond motifs is 1. The number of aromatic nitrogens is 1.